The van der Waals surface area contributed by atoms with E-state index in [0.29, 0.717) is 32.5 Å². The van der Waals surface area contributed by atoms with E-state index >= 15 is 0 Å². The summed E-state index contributed by atoms with van der Waals surface area (Å²) in [4.78, 5) is 40.1. The molecule has 0 saturated carbocycles. The van der Waals surface area contributed by atoms with Gasteiger partial charge in [0.25, 0.3) is 0 Å². The first-order valence-corrected chi connectivity index (χ1v) is 16.9. The number of methoxy groups -OCH3 is 1. The van der Waals surface area contributed by atoms with Gasteiger partial charge in [0, 0.05) is 19.6 Å². The van der Waals surface area contributed by atoms with Gasteiger partial charge >= 0.3 is 6.09 Å². The van der Waals surface area contributed by atoms with E-state index in [1.807, 2.05) is 74.5 Å². The Morgan fingerprint density at radius 3 is 2.00 bits per heavy atom. The molecular formula is C37H57N3O8. The summed E-state index contributed by atoms with van der Waals surface area (Å²) in [5, 5.41) is 20.3. The van der Waals surface area contributed by atoms with Gasteiger partial charge in [-0.2, -0.15) is 0 Å². The topological polar surface area (TPSA) is 144 Å². The summed E-state index contributed by atoms with van der Waals surface area (Å²) in [6, 6.07) is 17.5. The summed E-state index contributed by atoms with van der Waals surface area (Å²) in [6.07, 6.45) is -0.702. The molecule has 0 radical (unpaired) electrons. The lowest BCUT2D eigenvalue weighted by Gasteiger charge is -2.30. The van der Waals surface area contributed by atoms with Gasteiger partial charge in [-0.3, -0.25) is 9.59 Å². The molecule has 48 heavy (non-hydrogen) atoms. The van der Waals surface area contributed by atoms with Gasteiger partial charge in [0.2, 0.25) is 11.8 Å². The minimum Gasteiger partial charge on any atom is -0.444 e. The van der Waals surface area contributed by atoms with Crippen LogP contribution in [0.5, 0.6) is 0 Å². The molecule has 268 valence electrons. The Labute approximate surface area is 286 Å². The molecule has 3 amide bonds. The molecule has 0 aliphatic heterocycles. The lowest BCUT2D eigenvalue weighted by molar-refractivity contribution is -0.133. The molecule has 2 unspecified atom stereocenters. The van der Waals surface area contributed by atoms with Gasteiger partial charge in [-0.05, 0) is 64.0 Å². The molecule has 0 aromatic heterocycles. The third-order valence-corrected chi connectivity index (χ3v) is 7.94. The van der Waals surface area contributed by atoms with Crippen LogP contribution in [0, 0.1) is 11.8 Å². The number of amides is 3. The number of aliphatic hydroxyl groups is 1. The van der Waals surface area contributed by atoms with Gasteiger partial charge < -0.3 is 40.0 Å². The zero-order chi connectivity index (χ0) is 35.5. The number of hydrogen-bond acceptors (Lipinski definition) is 8. The van der Waals surface area contributed by atoms with E-state index in [9.17, 15) is 19.5 Å². The van der Waals surface area contributed by atoms with Crippen LogP contribution in [0.15, 0.2) is 60.7 Å². The van der Waals surface area contributed by atoms with Gasteiger partial charge in [0.05, 0.1) is 32.0 Å². The highest BCUT2D eigenvalue weighted by molar-refractivity contribution is 5.88. The van der Waals surface area contributed by atoms with Crippen LogP contribution in [0.2, 0.25) is 0 Å². The zero-order valence-corrected chi connectivity index (χ0v) is 29.7. The van der Waals surface area contributed by atoms with Gasteiger partial charge in [-0.25, -0.2) is 4.79 Å². The SMILES string of the molecule is CC[C@H](C)[C@@H](NC(=O)C(Cc1ccccc1)C[C@H](O)[C@H](Cc1ccccc1)NC(=O)OC(C)(C)C)C(=O)NCCOCCOC(C)OC. The van der Waals surface area contributed by atoms with E-state index in [1.165, 1.54) is 0 Å². The van der Waals surface area contributed by atoms with Crippen LogP contribution >= 0.6 is 0 Å². The summed E-state index contributed by atoms with van der Waals surface area (Å²) in [7, 11) is 1.56. The van der Waals surface area contributed by atoms with Crippen molar-refractivity contribution < 1.29 is 38.4 Å². The van der Waals surface area contributed by atoms with Crippen LogP contribution in [-0.2, 0) is 41.4 Å². The maximum atomic E-state index is 14.0. The van der Waals surface area contributed by atoms with E-state index < -0.39 is 35.8 Å². The average molecular weight is 672 g/mol. The molecule has 11 heteroatoms. The van der Waals surface area contributed by atoms with Gasteiger partial charge in [0.1, 0.15) is 11.6 Å². The highest BCUT2D eigenvalue weighted by Gasteiger charge is 2.33. The number of nitrogens with one attached hydrogen (secondary N) is 3. The monoisotopic (exact) mass is 671 g/mol. The lowest BCUT2D eigenvalue weighted by atomic mass is 9.88. The van der Waals surface area contributed by atoms with E-state index in [-0.39, 0.29) is 43.6 Å². The fourth-order valence-electron chi connectivity index (χ4n) is 5.02. The minimum absolute atomic E-state index is 0.0421. The Kier molecular flexibility index (Phi) is 18.2. The highest BCUT2D eigenvalue weighted by Crippen LogP contribution is 2.20. The van der Waals surface area contributed by atoms with Crippen LogP contribution in [-0.4, -0.2) is 86.6 Å². The summed E-state index contributed by atoms with van der Waals surface area (Å²) < 4.78 is 21.5. The Morgan fingerprint density at radius 2 is 1.44 bits per heavy atom. The maximum absolute atomic E-state index is 14.0. The molecule has 0 saturated heterocycles. The molecule has 0 aliphatic carbocycles. The number of carbonyl (C=O) groups is 3. The van der Waals surface area contributed by atoms with Crippen molar-refractivity contribution in [3.05, 3.63) is 71.8 Å². The van der Waals surface area contributed by atoms with Gasteiger partial charge in [-0.15, -0.1) is 0 Å². The molecule has 2 aromatic carbocycles. The second-order valence-corrected chi connectivity index (χ2v) is 13.1. The zero-order valence-electron chi connectivity index (χ0n) is 29.7. The van der Waals surface area contributed by atoms with E-state index in [4.69, 9.17) is 18.9 Å². The smallest absolute Gasteiger partial charge is 0.407 e. The molecular weight excluding hydrogens is 614 g/mol. The van der Waals surface area contributed by atoms with Crippen molar-refractivity contribution in [2.75, 3.05) is 33.5 Å². The fraction of sp³-hybridized carbons (Fsp3) is 0.595. The van der Waals surface area contributed by atoms with Crippen molar-refractivity contribution in [3.8, 4) is 0 Å². The quantitative estimate of drug-likeness (QED) is 0.113. The third kappa shape index (κ3) is 16.1. The fourth-order valence-corrected chi connectivity index (χ4v) is 5.02. The number of alkyl carbamates (subject to hydrolysis) is 1. The predicted octanol–water partition coefficient (Wildman–Crippen LogP) is 4.41. The number of rotatable bonds is 21. The predicted molar refractivity (Wildman–Crippen MR) is 185 cm³/mol. The average Bonchev–Trinajstić information content (AvgIpc) is 3.05. The van der Waals surface area contributed by atoms with Crippen molar-refractivity contribution in [2.45, 2.75) is 97.3 Å². The maximum Gasteiger partial charge on any atom is 0.407 e. The van der Waals surface area contributed by atoms with Crippen molar-refractivity contribution in [2.24, 2.45) is 11.8 Å². The van der Waals surface area contributed by atoms with Crippen molar-refractivity contribution in [3.63, 3.8) is 0 Å². The van der Waals surface area contributed by atoms with E-state index in [0.717, 1.165) is 11.1 Å². The Hall–Kier alpha value is -3.51. The normalized spacial score (nSPS) is 15.3. The minimum atomic E-state index is -1.10. The lowest BCUT2D eigenvalue weighted by Crippen LogP contribution is -2.53. The van der Waals surface area contributed by atoms with Crippen LogP contribution in [0.4, 0.5) is 4.79 Å². The first kappa shape index (κ1) is 40.7. The molecule has 2 rings (SSSR count). The van der Waals surface area contributed by atoms with Crippen molar-refractivity contribution in [1.82, 2.24) is 16.0 Å². The van der Waals surface area contributed by atoms with Gasteiger partial charge in [-0.1, -0.05) is 80.9 Å². The third-order valence-electron chi connectivity index (χ3n) is 7.94. The molecule has 0 aliphatic rings. The molecule has 2 aromatic rings. The molecule has 11 nitrogen and oxygen atoms in total. The van der Waals surface area contributed by atoms with Crippen LogP contribution in [0.1, 0.15) is 65.5 Å². The molecule has 0 bridgehead atoms. The Balaban J connectivity index is 2.18. The molecule has 0 heterocycles. The molecule has 0 fully saturated rings. The second kappa shape index (κ2) is 21.5. The summed E-state index contributed by atoms with van der Waals surface area (Å²) in [6.45, 7) is 12.2. The largest absolute Gasteiger partial charge is 0.444 e. The first-order chi connectivity index (χ1) is 22.8. The number of benzene rings is 2. The molecule has 6 atom stereocenters. The molecule has 0 spiro atoms. The first-order valence-electron chi connectivity index (χ1n) is 16.9. The van der Waals surface area contributed by atoms with Crippen LogP contribution < -0.4 is 16.0 Å². The number of carbonyl (C=O) groups excluding carboxylic acids is 3. The standard InChI is InChI=1S/C37H57N3O8/c1-8-26(2)33(35(43)38-19-20-46-21-22-47-27(3)45-7)40-34(42)30(23-28-15-11-9-12-16-28)25-32(41)31(24-29-17-13-10-14-18-29)39-36(44)48-37(4,5)6/h9-18,26-27,30-33,41H,8,19-25H2,1-7H3,(H,38,43)(H,39,44)(H,40,42)/t26-,27?,30?,31-,32-,33+/m0/s1. The second-order valence-electron chi connectivity index (χ2n) is 13.1. The van der Waals surface area contributed by atoms with Crippen LogP contribution in [0.3, 0.4) is 0 Å². The summed E-state index contributed by atoms with van der Waals surface area (Å²) in [5.41, 5.74) is 1.10. The van der Waals surface area contributed by atoms with Crippen LogP contribution in [0.25, 0.3) is 0 Å². The van der Waals surface area contributed by atoms with E-state index in [1.54, 1.807) is 34.8 Å². The summed E-state index contributed by atoms with van der Waals surface area (Å²) >= 11 is 0. The Bertz CT molecular complexity index is 1210. The summed E-state index contributed by atoms with van der Waals surface area (Å²) in [5.74, 6) is -1.51. The number of hydrogen-bond donors (Lipinski definition) is 4. The molecule has 4 N–H and O–H groups in total. The Morgan fingerprint density at radius 1 is 0.833 bits per heavy atom. The van der Waals surface area contributed by atoms with Gasteiger partial charge in [0.15, 0.2) is 6.29 Å². The number of ether oxygens (including phenoxy) is 4. The van der Waals surface area contributed by atoms with E-state index in [2.05, 4.69) is 16.0 Å². The number of aliphatic hydroxyl groups excluding tert-OH is 1. The highest BCUT2D eigenvalue weighted by atomic mass is 16.7. The van der Waals surface area contributed by atoms with Crippen molar-refractivity contribution in [1.29, 1.82) is 0 Å². The van der Waals surface area contributed by atoms with Crippen molar-refractivity contribution >= 4 is 17.9 Å².